The van der Waals surface area contributed by atoms with E-state index >= 15 is 0 Å². The number of anilines is 1. The first-order valence-corrected chi connectivity index (χ1v) is 10.6. The molecule has 1 spiro atoms. The van der Waals surface area contributed by atoms with Crippen LogP contribution in [0, 0.1) is 5.41 Å². The second-order valence-electron chi connectivity index (χ2n) is 7.81. The van der Waals surface area contributed by atoms with Crippen molar-refractivity contribution in [3.05, 3.63) is 48.9 Å². The van der Waals surface area contributed by atoms with Gasteiger partial charge in [-0.1, -0.05) is 36.4 Å². The number of nitrogens with zero attached hydrogens (tertiary/aromatic N) is 4. The summed E-state index contributed by atoms with van der Waals surface area (Å²) in [5, 5.41) is 0. The van der Waals surface area contributed by atoms with E-state index in [-0.39, 0.29) is 0 Å². The van der Waals surface area contributed by atoms with E-state index in [9.17, 15) is 0 Å². The molecule has 2 fully saturated rings. The lowest BCUT2D eigenvalue weighted by molar-refractivity contribution is 0.197. The number of imidazole rings is 1. The van der Waals surface area contributed by atoms with Gasteiger partial charge in [0.05, 0.1) is 4.90 Å². The van der Waals surface area contributed by atoms with Crippen molar-refractivity contribution < 1.29 is 0 Å². The molecule has 6 heteroatoms. The summed E-state index contributed by atoms with van der Waals surface area (Å²) in [5.74, 6) is 1.00. The zero-order valence-corrected chi connectivity index (χ0v) is 16.2. The molecular weight excluding hydrogens is 354 g/mol. The molecule has 1 aliphatic heterocycles. The minimum absolute atomic E-state index is 0.369. The highest BCUT2D eigenvalue weighted by Gasteiger charge is 2.43. The van der Waals surface area contributed by atoms with E-state index in [1.807, 2.05) is 24.7 Å². The summed E-state index contributed by atoms with van der Waals surface area (Å²) in [6.07, 6.45) is 12.0. The van der Waals surface area contributed by atoms with Crippen LogP contribution in [0.5, 0.6) is 0 Å². The van der Waals surface area contributed by atoms with Gasteiger partial charge in [-0.3, -0.25) is 4.40 Å². The van der Waals surface area contributed by atoms with Crippen LogP contribution >= 0.6 is 11.8 Å². The minimum atomic E-state index is 0.369. The summed E-state index contributed by atoms with van der Waals surface area (Å²) >= 11 is 1.71. The largest absolute Gasteiger partial charge is 0.342 e. The molecule has 1 saturated heterocycles. The van der Waals surface area contributed by atoms with Gasteiger partial charge in [0.2, 0.25) is 5.95 Å². The van der Waals surface area contributed by atoms with Gasteiger partial charge in [0.15, 0.2) is 5.65 Å². The Bertz CT molecular complexity index is 930. The van der Waals surface area contributed by atoms with E-state index < -0.39 is 0 Å². The first kappa shape index (κ1) is 17.1. The molecule has 5 rings (SSSR count). The van der Waals surface area contributed by atoms with Crippen molar-refractivity contribution in [2.45, 2.75) is 47.9 Å². The van der Waals surface area contributed by atoms with Gasteiger partial charge in [-0.2, -0.15) is 0 Å². The molecule has 3 heterocycles. The summed E-state index contributed by atoms with van der Waals surface area (Å²) in [5.41, 5.74) is 7.79. The van der Waals surface area contributed by atoms with Gasteiger partial charge in [-0.15, -0.1) is 0 Å². The standard InChI is InChI=1S/C21H25N5S/c22-18-7-4-8-21(18)9-12-25(13-10-21)20-24-15-17(19-23-11-14-26(19)20)27-16-5-2-1-3-6-16/h1-3,5-6,11,14-15,18H,4,7-10,12-13,22H2/t18-/m1/s1. The van der Waals surface area contributed by atoms with E-state index in [1.165, 1.54) is 37.0 Å². The zero-order chi connectivity index (χ0) is 18.3. The molecule has 2 N–H and O–H groups in total. The molecule has 0 amide bonds. The summed E-state index contributed by atoms with van der Waals surface area (Å²) in [6, 6.07) is 10.8. The lowest BCUT2D eigenvalue weighted by Crippen LogP contribution is -2.47. The van der Waals surface area contributed by atoms with E-state index in [4.69, 9.17) is 10.7 Å². The van der Waals surface area contributed by atoms with Gasteiger partial charge >= 0.3 is 0 Å². The Kier molecular flexibility index (Phi) is 4.32. The van der Waals surface area contributed by atoms with Gasteiger partial charge in [0.25, 0.3) is 0 Å². The minimum Gasteiger partial charge on any atom is -0.342 e. The van der Waals surface area contributed by atoms with Gasteiger partial charge in [-0.05, 0) is 43.2 Å². The van der Waals surface area contributed by atoms with Crippen LogP contribution in [-0.4, -0.2) is 33.5 Å². The smallest absolute Gasteiger partial charge is 0.211 e. The number of nitrogens with two attached hydrogens (primary N) is 1. The van der Waals surface area contributed by atoms with Crippen molar-refractivity contribution in [1.82, 2.24) is 14.4 Å². The second-order valence-corrected chi connectivity index (χ2v) is 8.92. The van der Waals surface area contributed by atoms with Crippen LogP contribution in [0.15, 0.2) is 58.7 Å². The summed E-state index contributed by atoms with van der Waals surface area (Å²) in [6.45, 7) is 2.05. The molecular formula is C21H25N5S. The fraction of sp³-hybridized carbons (Fsp3) is 0.429. The fourth-order valence-electron chi connectivity index (χ4n) is 4.74. The molecule has 2 aliphatic rings. The Morgan fingerprint density at radius 2 is 1.89 bits per heavy atom. The normalized spacial score (nSPS) is 22.0. The Hall–Kier alpha value is -2.05. The summed E-state index contributed by atoms with van der Waals surface area (Å²) in [7, 11) is 0. The van der Waals surface area contributed by atoms with Crippen LogP contribution in [0.2, 0.25) is 0 Å². The van der Waals surface area contributed by atoms with Crippen LogP contribution in [0.4, 0.5) is 5.95 Å². The molecule has 0 unspecified atom stereocenters. The second kappa shape index (κ2) is 6.84. The molecule has 140 valence electrons. The lowest BCUT2D eigenvalue weighted by atomic mass is 9.74. The third-order valence-corrected chi connectivity index (χ3v) is 7.38. The maximum Gasteiger partial charge on any atom is 0.211 e. The fourth-order valence-corrected chi connectivity index (χ4v) is 5.64. The highest BCUT2D eigenvalue weighted by atomic mass is 32.2. The Morgan fingerprint density at radius 3 is 2.63 bits per heavy atom. The predicted octanol–water partition coefficient (Wildman–Crippen LogP) is 3.98. The molecule has 1 atom stereocenters. The molecule has 0 bridgehead atoms. The highest BCUT2D eigenvalue weighted by Crippen LogP contribution is 2.46. The SMILES string of the molecule is N[C@@H]1CCCC12CCN(c1ncc(Sc3ccccc3)c3nccn13)CC2. The van der Waals surface area contributed by atoms with Crippen molar-refractivity contribution in [1.29, 1.82) is 0 Å². The van der Waals surface area contributed by atoms with Crippen molar-refractivity contribution in [2.24, 2.45) is 11.1 Å². The number of rotatable bonds is 3. The number of aromatic nitrogens is 3. The zero-order valence-electron chi connectivity index (χ0n) is 15.4. The van der Waals surface area contributed by atoms with Gasteiger partial charge in [0.1, 0.15) is 0 Å². The molecule has 1 saturated carbocycles. The lowest BCUT2D eigenvalue weighted by Gasteiger charge is -2.42. The predicted molar refractivity (Wildman–Crippen MR) is 109 cm³/mol. The molecule has 2 aromatic heterocycles. The van der Waals surface area contributed by atoms with Crippen molar-refractivity contribution in [2.75, 3.05) is 18.0 Å². The Labute approximate surface area is 164 Å². The number of piperidine rings is 1. The number of fused-ring (bicyclic) bond motifs is 1. The summed E-state index contributed by atoms with van der Waals surface area (Å²) in [4.78, 5) is 14.1. The van der Waals surface area contributed by atoms with Crippen molar-refractivity contribution in [3.8, 4) is 0 Å². The molecule has 1 aromatic carbocycles. The molecule has 5 nitrogen and oxygen atoms in total. The Balaban J connectivity index is 1.41. The number of hydrogen-bond donors (Lipinski definition) is 1. The van der Waals surface area contributed by atoms with Crippen molar-refractivity contribution >= 4 is 23.4 Å². The van der Waals surface area contributed by atoms with Gasteiger partial charge in [-0.25, -0.2) is 9.97 Å². The van der Waals surface area contributed by atoms with E-state index in [0.717, 1.165) is 29.6 Å². The van der Waals surface area contributed by atoms with Crippen LogP contribution in [-0.2, 0) is 0 Å². The average molecular weight is 380 g/mol. The Morgan fingerprint density at radius 1 is 1.07 bits per heavy atom. The summed E-state index contributed by atoms with van der Waals surface area (Å²) < 4.78 is 2.14. The van der Waals surface area contributed by atoms with Crippen LogP contribution in [0.1, 0.15) is 32.1 Å². The van der Waals surface area contributed by atoms with Crippen LogP contribution in [0.3, 0.4) is 0 Å². The van der Waals surface area contributed by atoms with Crippen molar-refractivity contribution in [3.63, 3.8) is 0 Å². The molecule has 27 heavy (non-hydrogen) atoms. The maximum absolute atomic E-state index is 6.44. The van der Waals surface area contributed by atoms with E-state index in [2.05, 4.69) is 38.6 Å². The van der Waals surface area contributed by atoms with E-state index in [1.54, 1.807) is 11.8 Å². The number of benzene rings is 1. The van der Waals surface area contributed by atoms with Crippen LogP contribution < -0.4 is 10.6 Å². The van der Waals surface area contributed by atoms with Crippen LogP contribution in [0.25, 0.3) is 5.65 Å². The first-order chi connectivity index (χ1) is 13.3. The average Bonchev–Trinajstić information content (AvgIpc) is 3.32. The topological polar surface area (TPSA) is 59.5 Å². The van der Waals surface area contributed by atoms with Gasteiger partial charge in [0, 0.05) is 42.6 Å². The number of hydrogen-bond acceptors (Lipinski definition) is 5. The quantitative estimate of drug-likeness (QED) is 0.746. The third kappa shape index (κ3) is 3.01. The highest BCUT2D eigenvalue weighted by molar-refractivity contribution is 7.99. The monoisotopic (exact) mass is 379 g/mol. The van der Waals surface area contributed by atoms with E-state index in [0.29, 0.717) is 11.5 Å². The first-order valence-electron chi connectivity index (χ1n) is 9.81. The molecule has 3 aromatic rings. The molecule has 0 radical (unpaired) electrons. The third-order valence-electron chi connectivity index (χ3n) is 6.36. The maximum atomic E-state index is 6.44. The van der Waals surface area contributed by atoms with Gasteiger partial charge < -0.3 is 10.6 Å². The molecule has 1 aliphatic carbocycles.